The minimum atomic E-state index is -3.31. The van der Waals surface area contributed by atoms with Gasteiger partial charge in [0.05, 0.1) is 22.8 Å². The Balaban J connectivity index is 1.64. The maximum atomic E-state index is 13.2. The summed E-state index contributed by atoms with van der Waals surface area (Å²) in [5.41, 5.74) is 3.25. The summed E-state index contributed by atoms with van der Waals surface area (Å²) in [5.74, 6) is -0.325. The molecule has 0 aliphatic heterocycles. The van der Waals surface area contributed by atoms with Gasteiger partial charge in [-0.05, 0) is 42.0 Å². The Morgan fingerprint density at radius 3 is 2.27 bits per heavy atom. The van der Waals surface area contributed by atoms with Crippen molar-refractivity contribution >= 4 is 33.0 Å². The maximum Gasteiger partial charge on any atom is 0.259 e. The number of hydrogen-bond acceptors (Lipinski definition) is 4. The van der Waals surface area contributed by atoms with Crippen LogP contribution in [0.3, 0.4) is 0 Å². The number of nitrogens with zero attached hydrogens (tertiary/aromatic N) is 2. The molecule has 0 saturated carbocycles. The van der Waals surface area contributed by atoms with E-state index in [1.165, 1.54) is 12.1 Å². The smallest absolute Gasteiger partial charge is 0.259 e. The van der Waals surface area contributed by atoms with Crippen LogP contribution in [-0.4, -0.2) is 29.9 Å². The number of anilines is 1. The largest absolute Gasteiger partial charge is 0.322 e. The van der Waals surface area contributed by atoms with Crippen LogP contribution in [0.15, 0.2) is 90.0 Å². The number of halogens is 1. The lowest BCUT2D eigenvalue weighted by Gasteiger charge is -2.07. The average Bonchev–Trinajstić information content (AvgIpc) is 3.24. The molecular formula is C25H22ClN3O3S. The van der Waals surface area contributed by atoms with Crippen molar-refractivity contribution in [3.05, 3.63) is 101 Å². The third-order valence-corrected chi connectivity index (χ3v) is 7.17. The molecule has 0 fully saturated rings. The fraction of sp³-hybridized carbons (Fsp3) is 0.120. The molecule has 4 aromatic rings. The number of carbonyl (C=O) groups is 1. The molecular weight excluding hydrogens is 458 g/mol. The first kappa shape index (κ1) is 22.8. The first-order chi connectivity index (χ1) is 15.9. The van der Waals surface area contributed by atoms with Gasteiger partial charge in [-0.3, -0.25) is 9.48 Å². The fourth-order valence-electron chi connectivity index (χ4n) is 3.37. The van der Waals surface area contributed by atoms with E-state index in [-0.39, 0.29) is 16.6 Å². The second-order valence-corrected chi connectivity index (χ2v) is 10.2. The van der Waals surface area contributed by atoms with Crippen LogP contribution < -0.4 is 5.32 Å². The van der Waals surface area contributed by atoms with E-state index in [2.05, 4.69) is 10.4 Å². The predicted molar refractivity (Wildman–Crippen MR) is 130 cm³/mol. The van der Waals surface area contributed by atoms with Crippen LogP contribution in [0.1, 0.15) is 22.8 Å². The van der Waals surface area contributed by atoms with E-state index in [4.69, 9.17) is 11.6 Å². The molecule has 168 valence electrons. The molecule has 0 saturated heterocycles. The van der Waals surface area contributed by atoms with Crippen LogP contribution in [0, 0.1) is 0 Å². The number of aromatic nitrogens is 2. The Morgan fingerprint density at radius 1 is 0.970 bits per heavy atom. The molecule has 6 nitrogen and oxygen atoms in total. The summed E-state index contributed by atoms with van der Waals surface area (Å²) >= 11 is 6.03. The molecule has 0 atom stereocenters. The highest BCUT2D eigenvalue weighted by molar-refractivity contribution is 7.91. The first-order valence-corrected chi connectivity index (χ1v) is 12.4. The molecule has 0 bridgehead atoms. The van der Waals surface area contributed by atoms with Gasteiger partial charge in [-0.2, -0.15) is 5.10 Å². The van der Waals surface area contributed by atoms with E-state index in [1.807, 2.05) is 42.5 Å². The van der Waals surface area contributed by atoms with Crippen molar-refractivity contribution < 1.29 is 13.2 Å². The number of amides is 1. The summed E-state index contributed by atoms with van der Waals surface area (Å²) in [6.45, 7) is 2.11. The second-order valence-electron chi connectivity index (χ2n) is 7.46. The van der Waals surface area contributed by atoms with Gasteiger partial charge in [0.1, 0.15) is 5.69 Å². The van der Waals surface area contributed by atoms with E-state index in [1.54, 1.807) is 42.1 Å². The monoisotopic (exact) mass is 479 g/mol. The molecule has 1 amide bonds. The van der Waals surface area contributed by atoms with E-state index < -0.39 is 9.84 Å². The normalized spacial score (nSPS) is 11.3. The van der Waals surface area contributed by atoms with Crippen molar-refractivity contribution in [1.29, 1.82) is 0 Å². The zero-order valence-electron chi connectivity index (χ0n) is 17.9. The zero-order valence-corrected chi connectivity index (χ0v) is 19.5. The van der Waals surface area contributed by atoms with Crippen LogP contribution >= 0.6 is 11.6 Å². The summed E-state index contributed by atoms with van der Waals surface area (Å²) in [4.78, 5) is 13.4. The van der Waals surface area contributed by atoms with Crippen molar-refractivity contribution in [2.75, 3.05) is 11.1 Å². The molecule has 8 heteroatoms. The van der Waals surface area contributed by atoms with Crippen molar-refractivity contribution in [1.82, 2.24) is 9.78 Å². The number of hydrogen-bond donors (Lipinski definition) is 1. The molecule has 0 unspecified atom stereocenters. The summed E-state index contributed by atoms with van der Waals surface area (Å²) in [6.07, 6.45) is 1.71. The lowest BCUT2D eigenvalue weighted by Crippen LogP contribution is -2.12. The fourth-order valence-corrected chi connectivity index (χ4v) is 4.38. The maximum absolute atomic E-state index is 13.2. The Morgan fingerprint density at radius 2 is 1.64 bits per heavy atom. The zero-order chi connectivity index (χ0) is 23.4. The molecule has 0 spiro atoms. The van der Waals surface area contributed by atoms with Gasteiger partial charge in [0, 0.05) is 22.5 Å². The van der Waals surface area contributed by atoms with Crippen LogP contribution in [0.4, 0.5) is 5.69 Å². The third-order valence-electron chi connectivity index (χ3n) is 5.16. The number of nitrogens with one attached hydrogen (secondary N) is 1. The molecule has 1 N–H and O–H groups in total. The van der Waals surface area contributed by atoms with Crippen LogP contribution in [0.25, 0.3) is 11.3 Å². The van der Waals surface area contributed by atoms with Crippen molar-refractivity contribution in [3.8, 4) is 11.3 Å². The molecule has 1 heterocycles. The number of sulfone groups is 1. The molecule has 33 heavy (non-hydrogen) atoms. The van der Waals surface area contributed by atoms with Gasteiger partial charge in [-0.15, -0.1) is 0 Å². The van der Waals surface area contributed by atoms with Gasteiger partial charge >= 0.3 is 0 Å². The van der Waals surface area contributed by atoms with Gasteiger partial charge in [0.15, 0.2) is 9.84 Å². The molecule has 3 aromatic carbocycles. The number of benzene rings is 3. The summed E-state index contributed by atoms with van der Waals surface area (Å²) in [7, 11) is -3.31. The van der Waals surface area contributed by atoms with E-state index >= 15 is 0 Å². The van der Waals surface area contributed by atoms with Crippen LogP contribution in [0.5, 0.6) is 0 Å². The lowest BCUT2D eigenvalue weighted by molar-refractivity contribution is 0.102. The second kappa shape index (κ2) is 9.60. The van der Waals surface area contributed by atoms with E-state index in [0.29, 0.717) is 28.5 Å². The number of rotatable bonds is 7. The molecule has 0 radical (unpaired) electrons. The molecule has 0 aliphatic carbocycles. The Labute approximate surface area is 197 Å². The summed E-state index contributed by atoms with van der Waals surface area (Å²) in [5, 5.41) is 8.09. The first-order valence-electron chi connectivity index (χ1n) is 10.4. The van der Waals surface area contributed by atoms with Crippen LogP contribution in [0.2, 0.25) is 5.02 Å². The Bertz CT molecular complexity index is 1360. The summed E-state index contributed by atoms with van der Waals surface area (Å²) < 4.78 is 25.8. The summed E-state index contributed by atoms with van der Waals surface area (Å²) in [6, 6.07) is 23.1. The standard InChI is InChI=1S/C25H22ClN3O3S/c1-2-33(31,32)22-14-12-21(13-15-22)27-25(30)23-17-29(16-18-6-4-3-5-7-18)28-24(23)19-8-10-20(26)11-9-19/h3-15,17H,2,16H2,1H3,(H,27,30). The predicted octanol–water partition coefficient (Wildman–Crippen LogP) is 5.30. The van der Waals surface area contributed by atoms with E-state index in [9.17, 15) is 13.2 Å². The topological polar surface area (TPSA) is 81.1 Å². The van der Waals surface area contributed by atoms with E-state index in [0.717, 1.165) is 11.1 Å². The van der Waals surface area contributed by atoms with Gasteiger partial charge < -0.3 is 5.32 Å². The SMILES string of the molecule is CCS(=O)(=O)c1ccc(NC(=O)c2cn(Cc3ccccc3)nc2-c2ccc(Cl)cc2)cc1. The quantitative estimate of drug-likeness (QED) is 0.390. The van der Waals surface area contributed by atoms with Gasteiger partial charge in [0.25, 0.3) is 5.91 Å². The van der Waals surface area contributed by atoms with Crippen molar-refractivity contribution in [3.63, 3.8) is 0 Å². The highest BCUT2D eigenvalue weighted by Gasteiger charge is 2.19. The van der Waals surface area contributed by atoms with Crippen molar-refractivity contribution in [2.24, 2.45) is 0 Å². The van der Waals surface area contributed by atoms with Crippen molar-refractivity contribution in [2.45, 2.75) is 18.4 Å². The Hall–Kier alpha value is -3.42. The minimum absolute atomic E-state index is 0.0176. The molecule has 0 aliphatic rings. The molecule has 1 aromatic heterocycles. The molecule has 4 rings (SSSR count). The Kier molecular flexibility index (Phi) is 6.62. The lowest BCUT2D eigenvalue weighted by atomic mass is 10.1. The van der Waals surface area contributed by atoms with Gasteiger partial charge in [-0.25, -0.2) is 8.42 Å². The third kappa shape index (κ3) is 5.32. The van der Waals surface area contributed by atoms with Gasteiger partial charge in [-0.1, -0.05) is 61.0 Å². The highest BCUT2D eigenvalue weighted by Crippen LogP contribution is 2.25. The van der Waals surface area contributed by atoms with Gasteiger partial charge in [0.2, 0.25) is 0 Å². The highest BCUT2D eigenvalue weighted by atomic mass is 35.5. The van der Waals surface area contributed by atoms with Crippen LogP contribution in [-0.2, 0) is 16.4 Å². The average molecular weight is 480 g/mol. The number of carbonyl (C=O) groups excluding carboxylic acids is 1. The minimum Gasteiger partial charge on any atom is -0.322 e.